The van der Waals surface area contributed by atoms with E-state index >= 15 is 0 Å². The van der Waals surface area contributed by atoms with Crippen molar-refractivity contribution in [1.29, 1.82) is 0 Å². The summed E-state index contributed by atoms with van der Waals surface area (Å²) in [6.45, 7) is 3.23. The third kappa shape index (κ3) is 7.26. The van der Waals surface area contributed by atoms with Crippen molar-refractivity contribution >= 4 is 24.4 Å². The normalized spacial score (nSPS) is 12.6. The summed E-state index contributed by atoms with van der Waals surface area (Å²) in [7, 11) is 0. The average Bonchev–Trinajstić information content (AvgIpc) is 2.95. The fourth-order valence-corrected chi connectivity index (χ4v) is 4.38. The van der Waals surface area contributed by atoms with Crippen molar-refractivity contribution in [3.05, 3.63) is 129 Å². The SMILES string of the molecule is Cc1cc(C(=O)O)cc(C=NC(c2ccccc2)[C@H](N=Cc2cc(C(=O)O)cc(C)c2O)c2ccccc2)c1O.[Ni+2]. The van der Waals surface area contributed by atoms with Crippen molar-refractivity contribution in [2.45, 2.75) is 25.9 Å². The standard InChI is InChI=1S/C32H28N2O6.Ni/c1-19-13-23(31(37)38)15-25(29(19)35)17-33-27(21-9-5-3-6-10-21)28(22-11-7-4-8-12-22)34-18-26-16-24(32(39)40)14-20(2)30(26)36;/h3-18,27-28,35-36H,1-2H3,(H,37,38)(H,39,40);/q;+2/t27-,28?;/m1./s1. The summed E-state index contributed by atoms with van der Waals surface area (Å²) in [5.41, 5.74) is 2.95. The maximum Gasteiger partial charge on any atom is 2.00 e. The first kappa shape index (κ1) is 30.8. The first-order valence-corrected chi connectivity index (χ1v) is 12.5. The summed E-state index contributed by atoms with van der Waals surface area (Å²) in [4.78, 5) is 32.8. The molecular formula is C32H28N2NiO6+2. The van der Waals surface area contributed by atoms with Gasteiger partial charge in [0.2, 0.25) is 0 Å². The molecule has 0 fully saturated rings. The number of aromatic carboxylic acids is 2. The van der Waals surface area contributed by atoms with Gasteiger partial charge in [0.25, 0.3) is 0 Å². The van der Waals surface area contributed by atoms with Gasteiger partial charge in [0.15, 0.2) is 0 Å². The molecule has 4 N–H and O–H groups in total. The largest absolute Gasteiger partial charge is 2.00 e. The van der Waals surface area contributed by atoms with Gasteiger partial charge in [-0.05, 0) is 60.4 Å². The maximum absolute atomic E-state index is 11.6. The quantitative estimate of drug-likeness (QED) is 0.136. The monoisotopic (exact) mass is 594 g/mol. The van der Waals surface area contributed by atoms with Crippen LogP contribution in [0.2, 0.25) is 0 Å². The fraction of sp³-hybridized carbons (Fsp3) is 0.125. The van der Waals surface area contributed by atoms with Crippen LogP contribution in [0.15, 0.2) is 94.9 Å². The van der Waals surface area contributed by atoms with Gasteiger partial charge in [-0.25, -0.2) is 9.59 Å². The molecule has 4 aromatic carbocycles. The van der Waals surface area contributed by atoms with Crippen LogP contribution in [0.3, 0.4) is 0 Å². The van der Waals surface area contributed by atoms with Gasteiger partial charge in [0.1, 0.15) is 23.6 Å². The van der Waals surface area contributed by atoms with Crippen LogP contribution in [0.1, 0.15) is 66.2 Å². The Morgan fingerprint density at radius 1 is 0.634 bits per heavy atom. The molecule has 1 unspecified atom stereocenters. The van der Waals surface area contributed by atoms with Gasteiger partial charge in [-0.1, -0.05) is 60.7 Å². The number of aromatic hydroxyl groups is 2. The van der Waals surface area contributed by atoms with E-state index in [2.05, 4.69) is 0 Å². The van der Waals surface area contributed by atoms with Gasteiger partial charge in [-0.2, -0.15) is 0 Å². The zero-order valence-corrected chi connectivity index (χ0v) is 23.2. The molecule has 0 saturated carbocycles. The number of phenols is 2. The van der Waals surface area contributed by atoms with Crippen LogP contribution < -0.4 is 0 Å². The van der Waals surface area contributed by atoms with E-state index in [0.29, 0.717) is 11.1 Å². The molecule has 4 rings (SSSR count). The molecule has 0 heterocycles. The Morgan fingerprint density at radius 3 is 1.29 bits per heavy atom. The van der Waals surface area contributed by atoms with E-state index in [0.717, 1.165) is 11.1 Å². The number of carboxylic acids is 2. The van der Waals surface area contributed by atoms with E-state index in [1.807, 2.05) is 60.7 Å². The van der Waals surface area contributed by atoms with Crippen molar-refractivity contribution < 1.29 is 46.5 Å². The second kappa shape index (κ2) is 13.5. The second-order valence-electron chi connectivity index (χ2n) is 9.34. The van der Waals surface area contributed by atoms with Gasteiger partial charge in [0.05, 0.1) is 11.1 Å². The smallest absolute Gasteiger partial charge is 0.507 e. The molecule has 0 spiro atoms. The Morgan fingerprint density at radius 2 is 0.976 bits per heavy atom. The van der Waals surface area contributed by atoms with E-state index in [4.69, 9.17) is 9.98 Å². The van der Waals surface area contributed by atoms with Crippen LogP contribution >= 0.6 is 0 Å². The van der Waals surface area contributed by atoms with Crippen molar-refractivity contribution in [2.24, 2.45) is 9.98 Å². The number of aryl methyl sites for hydroxylation is 2. The number of hydrogen-bond donors (Lipinski definition) is 4. The van der Waals surface area contributed by atoms with E-state index in [1.165, 1.54) is 36.7 Å². The number of benzene rings is 4. The first-order valence-electron chi connectivity index (χ1n) is 12.5. The molecule has 4 aromatic rings. The molecule has 0 amide bonds. The van der Waals surface area contributed by atoms with Gasteiger partial charge in [-0.3, -0.25) is 9.98 Å². The molecule has 8 nitrogen and oxygen atoms in total. The van der Waals surface area contributed by atoms with E-state index in [-0.39, 0.29) is 50.2 Å². The predicted octanol–water partition coefficient (Wildman–Crippen LogP) is 6.13. The Balaban J connectivity index is 0.00000462. The first-order chi connectivity index (χ1) is 19.2. The van der Waals surface area contributed by atoms with Gasteiger partial charge < -0.3 is 20.4 Å². The summed E-state index contributed by atoms with van der Waals surface area (Å²) in [6.07, 6.45) is 2.87. The second-order valence-corrected chi connectivity index (χ2v) is 9.34. The third-order valence-electron chi connectivity index (χ3n) is 6.48. The predicted molar refractivity (Wildman–Crippen MR) is 153 cm³/mol. The molecule has 0 aliphatic rings. The zero-order valence-electron chi connectivity index (χ0n) is 22.2. The van der Waals surface area contributed by atoms with Crippen LogP contribution in [-0.4, -0.2) is 44.8 Å². The Kier molecular flexibility index (Phi) is 10.2. The van der Waals surface area contributed by atoms with E-state index < -0.39 is 24.0 Å². The number of rotatable bonds is 9. The van der Waals surface area contributed by atoms with Crippen molar-refractivity contribution in [3.63, 3.8) is 0 Å². The van der Waals surface area contributed by atoms with Gasteiger partial charge >= 0.3 is 28.4 Å². The summed E-state index contributed by atoms with van der Waals surface area (Å²) < 4.78 is 0. The molecule has 0 saturated heterocycles. The summed E-state index contributed by atoms with van der Waals surface area (Å²) in [5, 5.41) is 40.2. The van der Waals surface area contributed by atoms with Crippen molar-refractivity contribution in [3.8, 4) is 11.5 Å². The topological polar surface area (TPSA) is 140 Å². The molecule has 41 heavy (non-hydrogen) atoms. The molecule has 210 valence electrons. The van der Waals surface area contributed by atoms with Crippen LogP contribution in [0, 0.1) is 13.8 Å². The summed E-state index contributed by atoms with van der Waals surface area (Å²) >= 11 is 0. The van der Waals surface area contributed by atoms with E-state index in [1.54, 1.807) is 13.8 Å². The number of hydrogen-bond acceptors (Lipinski definition) is 6. The molecule has 0 radical (unpaired) electrons. The number of carboxylic acid groups (broad SMARTS) is 2. The van der Waals surface area contributed by atoms with E-state index in [9.17, 15) is 30.0 Å². The Hall–Kier alpha value is -4.75. The Labute approximate surface area is 247 Å². The van der Waals surface area contributed by atoms with Gasteiger partial charge in [0, 0.05) is 23.6 Å². The molecule has 0 aliphatic heterocycles. The van der Waals surface area contributed by atoms with Crippen molar-refractivity contribution in [2.75, 3.05) is 0 Å². The molecule has 0 bridgehead atoms. The number of nitrogens with zero attached hydrogens (tertiary/aromatic N) is 2. The fourth-order valence-electron chi connectivity index (χ4n) is 4.38. The molecule has 9 heteroatoms. The molecule has 0 aliphatic carbocycles. The summed E-state index contributed by atoms with van der Waals surface area (Å²) in [5.74, 6) is -2.40. The number of carbonyl (C=O) groups is 2. The maximum atomic E-state index is 11.6. The van der Waals surface area contributed by atoms with Crippen LogP contribution in [0.5, 0.6) is 11.5 Å². The summed E-state index contributed by atoms with van der Waals surface area (Å²) in [6, 6.07) is 23.0. The average molecular weight is 595 g/mol. The minimum absolute atomic E-state index is 0. The van der Waals surface area contributed by atoms with Crippen LogP contribution in [0.4, 0.5) is 0 Å². The van der Waals surface area contributed by atoms with Crippen LogP contribution in [0.25, 0.3) is 0 Å². The molecule has 0 aromatic heterocycles. The zero-order chi connectivity index (χ0) is 28.8. The number of aliphatic imine (C=N–C) groups is 2. The third-order valence-corrected chi connectivity index (χ3v) is 6.48. The minimum Gasteiger partial charge on any atom is -0.507 e. The van der Waals surface area contributed by atoms with Gasteiger partial charge in [-0.15, -0.1) is 0 Å². The molecule has 2 atom stereocenters. The minimum atomic E-state index is -1.12. The number of phenolic OH excluding ortho intramolecular Hbond substituents is 2. The molecular weight excluding hydrogens is 567 g/mol. The van der Waals surface area contributed by atoms with Crippen molar-refractivity contribution in [1.82, 2.24) is 0 Å². The Bertz CT molecular complexity index is 1480. The van der Waals surface area contributed by atoms with Crippen LogP contribution in [-0.2, 0) is 16.5 Å².